The van der Waals surface area contributed by atoms with Crippen LogP contribution in [-0.4, -0.2) is 35.5 Å². The van der Waals surface area contributed by atoms with Gasteiger partial charge >= 0.3 is 8.56 Å². The molecule has 0 fully saturated rings. The van der Waals surface area contributed by atoms with E-state index in [0.29, 0.717) is 13.2 Å². The van der Waals surface area contributed by atoms with E-state index >= 15 is 0 Å². The maximum atomic E-state index is 6.56. The number of rotatable bonds is 12. The Morgan fingerprint density at radius 1 is 0.680 bits per heavy atom. The van der Waals surface area contributed by atoms with Crippen molar-refractivity contribution in [3.05, 3.63) is 60.7 Å². The van der Waals surface area contributed by atoms with Crippen LogP contribution in [0.3, 0.4) is 0 Å². The largest absolute Gasteiger partial charge is 0.407 e. The molecule has 3 nitrogen and oxygen atoms in total. The molecule has 0 N–H and O–H groups in total. The van der Waals surface area contributed by atoms with Crippen LogP contribution >= 0.6 is 0 Å². The van der Waals surface area contributed by atoms with Crippen LogP contribution in [0.5, 0.6) is 0 Å². The summed E-state index contributed by atoms with van der Waals surface area (Å²) in [5.41, 5.74) is 0. The van der Waals surface area contributed by atoms with Gasteiger partial charge in [0.15, 0.2) is 0 Å². The zero-order valence-electron chi connectivity index (χ0n) is 15.4. The van der Waals surface area contributed by atoms with Gasteiger partial charge in [-0.2, -0.15) is 0 Å². The molecule has 0 saturated carbocycles. The molecule has 0 aliphatic carbocycles. The topological polar surface area (TPSA) is 27.7 Å². The molecule has 0 amide bonds. The quantitative estimate of drug-likeness (QED) is 0.429. The predicted octanol–water partition coefficient (Wildman–Crippen LogP) is 3.50. The molecular weight excluding hydrogens is 328 g/mol. The first-order valence-corrected chi connectivity index (χ1v) is 11.0. The fourth-order valence-corrected chi connectivity index (χ4v) is 6.02. The second kappa shape index (κ2) is 11.2. The van der Waals surface area contributed by atoms with Gasteiger partial charge in [0.2, 0.25) is 0 Å². The summed E-state index contributed by atoms with van der Waals surface area (Å²) in [6, 6.07) is 20.8. The van der Waals surface area contributed by atoms with Gasteiger partial charge in [-0.3, -0.25) is 0 Å². The SMILES string of the molecule is CCCCCCO[Si](OCCOC)(c1ccccc1)c1ccccc1. The van der Waals surface area contributed by atoms with Crippen molar-refractivity contribution in [3.63, 3.8) is 0 Å². The van der Waals surface area contributed by atoms with E-state index in [4.69, 9.17) is 13.6 Å². The van der Waals surface area contributed by atoms with Crippen LogP contribution < -0.4 is 10.4 Å². The average molecular weight is 359 g/mol. The van der Waals surface area contributed by atoms with Crippen molar-refractivity contribution in [3.8, 4) is 0 Å². The van der Waals surface area contributed by atoms with Gasteiger partial charge in [-0.05, 0) is 16.8 Å². The van der Waals surface area contributed by atoms with Gasteiger partial charge in [-0.1, -0.05) is 86.8 Å². The van der Waals surface area contributed by atoms with Gasteiger partial charge in [0.05, 0.1) is 13.2 Å². The number of methoxy groups -OCH3 is 1. The Morgan fingerprint density at radius 3 is 1.76 bits per heavy atom. The van der Waals surface area contributed by atoms with Crippen molar-refractivity contribution in [2.45, 2.75) is 32.6 Å². The molecule has 2 aromatic rings. The van der Waals surface area contributed by atoms with Crippen LogP contribution in [-0.2, 0) is 13.6 Å². The van der Waals surface area contributed by atoms with Crippen LogP contribution in [0.4, 0.5) is 0 Å². The third-order valence-electron chi connectivity index (χ3n) is 4.20. The van der Waals surface area contributed by atoms with Crippen LogP contribution in [0.15, 0.2) is 60.7 Å². The van der Waals surface area contributed by atoms with Crippen LogP contribution in [0, 0.1) is 0 Å². The highest BCUT2D eigenvalue weighted by molar-refractivity contribution is 6.92. The third-order valence-corrected chi connectivity index (χ3v) is 7.61. The fraction of sp³-hybridized carbons (Fsp3) is 0.429. The molecule has 0 aliphatic rings. The van der Waals surface area contributed by atoms with E-state index in [-0.39, 0.29) is 0 Å². The summed E-state index contributed by atoms with van der Waals surface area (Å²) in [7, 11) is -1.03. The van der Waals surface area contributed by atoms with Gasteiger partial charge < -0.3 is 13.6 Å². The molecule has 136 valence electrons. The van der Waals surface area contributed by atoms with Gasteiger partial charge in [0.1, 0.15) is 0 Å². The molecule has 0 radical (unpaired) electrons. The van der Waals surface area contributed by atoms with Crippen LogP contribution in [0.1, 0.15) is 32.6 Å². The van der Waals surface area contributed by atoms with Crippen molar-refractivity contribution in [1.82, 2.24) is 0 Å². The lowest BCUT2D eigenvalue weighted by atomic mass is 10.2. The summed E-state index contributed by atoms with van der Waals surface area (Å²) in [4.78, 5) is 0. The monoisotopic (exact) mass is 358 g/mol. The summed E-state index contributed by atoms with van der Waals surface area (Å²) < 4.78 is 18.2. The number of ether oxygens (including phenoxy) is 1. The highest BCUT2D eigenvalue weighted by Crippen LogP contribution is 2.12. The molecule has 0 bridgehead atoms. The summed E-state index contributed by atoms with van der Waals surface area (Å²) >= 11 is 0. The first-order chi connectivity index (χ1) is 12.3. The molecule has 0 aromatic heterocycles. The molecule has 0 spiro atoms. The van der Waals surface area contributed by atoms with Crippen molar-refractivity contribution >= 4 is 18.9 Å². The Bertz CT molecular complexity index is 535. The minimum atomic E-state index is -2.73. The molecule has 0 atom stereocenters. The van der Waals surface area contributed by atoms with E-state index in [2.05, 4.69) is 55.5 Å². The number of benzene rings is 2. The van der Waals surface area contributed by atoms with Crippen LogP contribution in [0.25, 0.3) is 0 Å². The highest BCUT2D eigenvalue weighted by atomic mass is 28.4. The Hall–Kier alpha value is -1.46. The first-order valence-electron chi connectivity index (χ1n) is 9.21. The molecule has 25 heavy (non-hydrogen) atoms. The lowest BCUT2D eigenvalue weighted by Crippen LogP contribution is -2.63. The Balaban J connectivity index is 2.28. The van der Waals surface area contributed by atoms with Gasteiger partial charge in [-0.25, -0.2) is 0 Å². The van der Waals surface area contributed by atoms with E-state index in [1.807, 2.05) is 12.1 Å². The Labute approximate surface area is 153 Å². The minimum Gasteiger partial charge on any atom is -0.388 e. The van der Waals surface area contributed by atoms with Crippen molar-refractivity contribution in [2.24, 2.45) is 0 Å². The van der Waals surface area contributed by atoms with E-state index in [0.717, 1.165) is 23.4 Å². The van der Waals surface area contributed by atoms with E-state index in [1.54, 1.807) is 7.11 Å². The number of hydrogen-bond donors (Lipinski definition) is 0. The molecule has 2 rings (SSSR count). The maximum absolute atomic E-state index is 6.56. The van der Waals surface area contributed by atoms with Gasteiger partial charge in [-0.15, -0.1) is 0 Å². The normalized spacial score (nSPS) is 11.6. The molecule has 0 aliphatic heterocycles. The van der Waals surface area contributed by atoms with Gasteiger partial charge in [0, 0.05) is 13.7 Å². The van der Waals surface area contributed by atoms with E-state index in [9.17, 15) is 0 Å². The Morgan fingerprint density at radius 2 is 1.24 bits per heavy atom. The van der Waals surface area contributed by atoms with Crippen molar-refractivity contribution in [1.29, 1.82) is 0 Å². The third kappa shape index (κ3) is 5.78. The fourth-order valence-electron chi connectivity index (χ4n) is 2.87. The van der Waals surface area contributed by atoms with Crippen molar-refractivity contribution < 1.29 is 13.6 Å². The molecule has 0 saturated heterocycles. The second-order valence-corrected chi connectivity index (χ2v) is 9.06. The molecule has 2 aromatic carbocycles. The molecular formula is C21H30O3Si. The van der Waals surface area contributed by atoms with E-state index in [1.165, 1.54) is 19.3 Å². The lowest BCUT2D eigenvalue weighted by Gasteiger charge is -2.31. The number of hydrogen-bond acceptors (Lipinski definition) is 3. The van der Waals surface area contributed by atoms with Gasteiger partial charge in [0.25, 0.3) is 0 Å². The smallest absolute Gasteiger partial charge is 0.388 e. The minimum absolute atomic E-state index is 0.529. The molecule has 0 unspecified atom stereocenters. The predicted molar refractivity (Wildman–Crippen MR) is 106 cm³/mol. The summed E-state index contributed by atoms with van der Waals surface area (Å²) in [5, 5.41) is 2.29. The maximum Gasteiger partial charge on any atom is 0.407 e. The molecule has 4 heteroatoms. The first kappa shape index (κ1) is 19.9. The average Bonchev–Trinajstić information content (AvgIpc) is 2.68. The van der Waals surface area contributed by atoms with E-state index < -0.39 is 8.56 Å². The Kier molecular flexibility index (Phi) is 8.90. The summed E-state index contributed by atoms with van der Waals surface area (Å²) in [6.45, 7) is 4.04. The lowest BCUT2D eigenvalue weighted by molar-refractivity contribution is 0.118. The second-order valence-electron chi connectivity index (χ2n) is 6.10. The summed E-state index contributed by atoms with van der Waals surface area (Å²) in [5.74, 6) is 0. The number of unbranched alkanes of at least 4 members (excludes halogenated alkanes) is 3. The standard InChI is InChI=1S/C21H30O3Si/c1-3-4-5-12-17-23-25(24-19-18-22-2,20-13-8-6-9-14-20)21-15-10-7-11-16-21/h6-11,13-16H,3-5,12,17-19H2,1-2H3. The zero-order chi connectivity index (χ0) is 17.8. The van der Waals surface area contributed by atoms with Crippen LogP contribution in [0.2, 0.25) is 0 Å². The van der Waals surface area contributed by atoms with Crippen molar-refractivity contribution in [2.75, 3.05) is 26.9 Å². The molecule has 0 heterocycles. The summed E-state index contributed by atoms with van der Waals surface area (Å²) in [6.07, 6.45) is 4.74. The highest BCUT2D eigenvalue weighted by Gasteiger charge is 2.42. The zero-order valence-corrected chi connectivity index (χ0v) is 16.4.